The van der Waals surface area contributed by atoms with E-state index in [-0.39, 0.29) is 12.1 Å². The normalized spacial score (nSPS) is 26.7. The molecule has 2 bridgehead atoms. The van der Waals surface area contributed by atoms with Gasteiger partial charge in [-0.1, -0.05) is 33.7 Å². The number of carbonyl (C=O) groups excluding carboxylic acids is 2. The number of ether oxygens (including phenoxy) is 2. The minimum Gasteiger partial charge on any atom is -0.459 e. The van der Waals surface area contributed by atoms with E-state index in [1.54, 1.807) is 13.1 Å². The lowest BCUT2D eigenvalue weighted by molar-refractivity contribution is -0.142. The van der Waals surface area contributed by atoms with Gasteiger partial charge in [0, 0.05) is 43.1 Å². The second-order valence-electron chi connectivity index (χ2n) is 7.41. The van der Waals surface area contributed by atoms with E-state index in [0.29, 0.717) is 25.7 Å². The predicted molar refractivity (Wildman–Crippen MR) is 127 cm³/mol. The van der Waals surface area contributed by atoms with Crippen LogP contribution in [0.5, 0.6) is 0 Å². The van der Waals surface area contributed by atoms with Gasteiger partial charge in [0.1, 0.15) is 12.2 Å². The summed E-state index contributed by atoms with van der Waals surface area (Å²) in [7, 11) is 1.79. The van der Waals surface area contributed by atoms with E-state index in [4.69, 9.17) is 9.47 Å². The average Bonchev–Trinajstić information content (AvgIpc) is 3.10. The number of nitrogens with one attached hydrogen (secondary N) is 1. The quantitative estimate of drug-likeness (QED) is 0.579. The van der Waals surface area contributed by atoms with Gasteiger partial charge in [0.15, 0.2) is 0 Å². The Morgan fingerprint density at radius 3 is 2.74 bits per heavy atom. The zero-order chi connectivity index (χ0) is 22.8. The van der Waals surface area contributed by atoms with Gasteiger partial charge in [-0.3, -0.25) is 0 Å². The van der Waals surface area contributed by atoms with Crippen molar-refractivity contribution in [3.05, 3.63) is 62.2 Å². The van der Waals surface area contributed by atoms with Gasteiger partial charge in [-0.2, -0.15) is 0 Å². The molecule has 2 heterocycles. The maximum absolute atomic E-state index is 12.3. The fraction of sp³-hybridized carbons (Fsp3) is 0.435. The van der Waals surface area contributed by atoms with Crippen LogP contribution < -0.4 is 5.32 Å². The fourth-order valence-corrected chi connectivity index (χ4v) is 4.24. The molecule has 0 aromatic carbocycles. The first-order chi connectivity index (χ1) is 14.7. The van der Waals surface area contributed by atoms with Crippen LogP contribution in [0.2, 0.25) is 0 Å². The van der Waals surface area contributed by atoms with Crippen LogP contribution in [0.15, 0.2) is 51.5 Å². The molecule has 31 heavy (non-hydrogen) atoms. The highest BCUT2D eigenvalue weighted by atomic mass is 79.9. The van der Waals surface area contributed by atoms with Gasteiger partial charge in [-0.05, 0) is 44.2 Å². The molecule has 1 aliphatic rings. The maximum Gasteiger partial charge on any atom is 0.332 e. The van der Waals surface area contributed by atoms with E-state index in [1.807, 2.05) is 38.3 Å². The highest BCUT2D eigenvalue weighted by Crippen LogP contribution is 2.18. The summed E-state index contributed by atoms with van der Waals surface area (Å²) >= 11 is 4.95. The number of carbonyl (C=O) groups is 2. The topological polar surface area (TPSA) is 77.5 Å². The molecule has 8 heteroatoms. The zero-order valence-corrected chi connectivity index (χ0v) is 20.7. The van der Waals surface area contributed by atoms with Gasteiger partial charge in [-0.15, -0.1) is 11.3 Å². The number of aryl methyl sites for hydroxylation is 1. The van der Waals surface area contributed by atoms with Crippen LogP contribution in [-0.2, 0) is 31.9 Å². The van der Waals surface area contributed by atoms with Crippen molar-refractivity contribution >= 4 is 39.2 Å². The molecule has 0 amide bonds. The first kappa shape index (κ1) is 25.1. The first-order valence-corrected chi connectivity index (χ1v) is 11.8. The Hall–Kier alpha value is -2.19. The van der Waals surface area contributed by atoms with Crippen molar-refractivity contribution < 1.29 is 19.1 Å². The SMILES string of the molecule is CN/C1=C\C(=O)O[C@@H](C)C/C(C)=C/C=C\C(=O)O[C@H](/C=C(\C)Br)Cc2nc(cs2)CC1. The van der Waals surface area contributed by atoms with Crippen molar-refractivity contribution in [3.8, 4) is 0 Å². The Morgan fingerprint density at radius 1 is 1.26 bits per heavy atom. The summed E-state index contributed by atoms with van der Waals surface area (Å²) in [5, 5.41) is 5.95. The number of hydrogen-bond donors (Lipinski definition) is 1. The number of aromatic nitrogens is 1. The van der Waals surface area contributed by atoms with Crippen molar-refractivity contribution in [1.82, 2.24) is 10.3 Å². The predicted octanol–water partition coefficient (Wildman–Crippen LogP) is 4.77. The minimum absolute atomic E-state index is 0.280. The molecule has 2 rings (SSSR count). The van der Waals surface area contributed by atoms with Crippen molar-refractivity contribution in [3.63, 3.8) is 0 Å². The standard InChI is InChI=1S/C23H29BrN2O4S/c1-15-6-5-7-22(27)30-20(11-16(2)24)13-21-26-19(14-31-21)9-8-18(25-4)12-23(28)29-17(3)10-15/h5-7,11-12,14,17,20,25H,8-10,13H2,1-4H3/b7-5-,15-6+,16-11+,18-12-/t17-,20+/m0/s1. The van der Waals surface area contributed by atoms with Crippen molar-refractivity contribution in [2.75, 3.05) is 7.05 Å². The van der Waals surface area contributed by atoms with Crippen LogP contribution in [0.4, 0.5) is 0 Å². The number of allylic oxidation sites excluding steroid dienone is 4. The number of hydrogen-bond acceptors (Lipinski definition) is 7. The van der Waals surface area contributed by atoms with Gasteiger partial charge in [0.05, 0.1) is 10.7 Å². The molecule has 1 N–H and O–H groups in total. The average molecular weight is 509 g/mol. The molecule has 0 saturated heterocycles. The molecule has 168 valence electrons. The number of thiazole rings is 1. The number of nitrogens with zero attached hydrogens (tertiary/aromatic N) is 1. The van der Waals surface area contributed by atoms with Crippen LogP contribution in [0, 0.1) is 0 Å². The zero-order valence-electron chi connectivity index (χ0n) is 18.3. The van der Waals surface area contributed by atoms with Crippen LogP contribution in [0.25, 0.3) is 0 Å². The molecule has 0 radical (unpaired) electrons. The lowest BCUT2D eigenvalue weighted by Gasteiger charge is -2.13. The van der Waals surface area contributed by atoms with Gasteiger partial charge >= 0.3 is 11.9 Å². The van der Waals surface area contributed by atoms with Crippen LogP contribution in [-0.4, -0.2) is 36.2 Å². The molecule has 1 aliphatic heterocycles. The highest BCUT2D eigenvalue weighted by Gasteiger charge is 2.15. The molecule has 0 saturated carbocycles. The second kappa shape index (κ2) is 12.6. The van der Waals surface area contributed by atoms with E-state index < -0.39 is 12.1 Å². The van der Waals surface area contributed by atoms with Gasteiger partial charge in [-0.25, -0.2) is 14.6 Å². The molecular formula is C23H29BrN2O4S. The first-order valence-electron chi connectivity index (χ1n) is 10.2. The lowest BCUT2D eigenvalue weighted by Crippen LogP contribution is -2.17. The summed E-state index contributed by atoms with van der Waals surface area (Å²) in [6.07, 6.45) is 9.95. The summed E-state index contributed by atoms with van der Waals surface area (Å²) in [4.78, 5) is 29.2. The van der Waals surface area contributed by atoms with Crippen molar-refractivity contribution in [2.24, 2.45) is 0 Å². The highest BCUT2D eigenvalue weighted by molar-refractivity contribution is 9.11. The smallest absolute Gasteiger partial charge is 0.332 e. The molecule has 1 aromatic rings. The van der Waals surface area contributed by atoms with Gasteiger partial charge in [0.2, 0.25) is 0 Å². The molecule has 0 unspecified atom stereocenters. The number of halogens is 1. The molecular weight excluding hydrogens is 480 g/mol. The maximum atomic E-state index is 12.3. The third kappa shape index (κ3) is 9.65. The van der Waals surface area contributed by atoms with E-state index in [9.17, 15) is 9.59 Å². The van der Waals surface area contributed by atoms with E-state index in [1.165, 1.54) is 23.5 Å². The molecule has 1 aromatic heterocycles. The number of cyclic esters (lactones) is 2. The van der Waals surface area contributed by atoms with Crippen LogP contribution in [0.1, 0.15) is 44.3 Å². The third-order valence-corrected chi connectivity index (χ3v) is 5.65. The number of fused-ring (bicyclic) bond motifs is 2. The van der Waals surface area contributed by atoms with E-state index in [0.717, 1.165) is 26.5 Å². The van der Waals surface area contributed by atoms with E-state index >= 15 is 0 Å². The second-order valence-corrected chi connectivity index (χ2v) is 9.60. The third-order valence-electron chi connectivity index (χ3n) is 4.46. The van der Waals surface area contributed by atoms with E-state index in [2.05, 4.69) is 26.2 Å². The molecule has 0 aliphatic carbocycles. The summed E-state index contributed by atoms with van der Waals surface area (Å²) in [6, 6.07) is 0. The lowest BCUT2D eigenvalue weighted by atomic mass is 10.1. The molecule has 0 fully saturated rings. The minimum atomic E-state index is -0.420. The van der Waals surface area contributed by atoms with Crippen molar-refractivity contribution in [1.29, 1.82) is 0 Å². The number of rotatable bonds is 2. The Labute approximate surface area is 196 Å². The fourth-order valence-electron chi connectivity index (χ4n) is 3.07. The molecule has 2 atom stereocenters. The summed E-state index contributed by atoms with van der Waals surface area (Å²) in [5.74, 6) is -0.795. The molecule has 0 spiro atoms. The summed E-state index contributed by atoms with van der Waals surface area (Å²) in [5.41, 5.74) is 2.72. The summed E-state index contributed by atoms with van der Waals surface area (Å²) in [6.45, 7) is 5.67. The Bertz CT molecular complexity index is 897. The Morgan fingerprint density at radius 2 is 2.03 bits per heavy atom. The Kier molecular flexibility index (Phi) is 10.2. The largest absolute Gasteiger partial charge is 0.459 e. The Balaban J connectivity index is 2.28. The summed E-state index contributed by atoms with van der Waals surface area (Å²) < 4.78 is 12.0. The number of esters is 2. The monoisotopic (exact) mass is 508 g/mol. The van der Waals surface area contributed by atoms with Gasteiger partial charge in [0.25, 0.3) is 0 Å². The van der Waals surface area contributed by atoms with Crippen LogP contribution in [0.3, 0.4) is 0 Å². The van der Waals surface area contributed by atoms with Crippen molar-refractivity contribution in [2.45, 2.75) is 58.7 Å². The van der Waals surface area contributed by atoms with Crippen LogP contribution >= 0.6 is 27.3 Å². The molecule has 6 nitrogen and oxygen atoms in total. The van der Waals surface area contributed by atoms with Gasteiger partial charge < -0.3 is 14.8 Å².